The molecule has 0 saturated carbocycles. The summed E-state index contributed by atoms with van der Waals surface area (Å²) in [5, 5.41) is 0.369. The van der Waals surface area contributed by atoms with Crippen LogP contribution in [-0.4, -0.2) is 33.7 Å². The minimum atomic E-state index is -0.601. The first-order valence-corrected chi connectivity index (χ1v) is 8.95. The Morgan fingerprint density at radius 2 is 1.93 bits per heavy atom. The monoisotopic (exact) mass is 381 g/mol. The summed E-state index contributed by atoms with van der Waals surface area (Å²) in [5.41, 5.74) is 0.246. The number of fused-ring (bicyclic) bond motifs is 2. The van der Waals surface area contributed by atoms with Crippen molar-refractivity contribution in [1.29, 1.82) is 0 Å². The molecular formula is C20H19N3O5. The van der Waals surface area contributed by atoms with Crippen molar-refractivity contribution in [2.24, 2.45) is 0 Å². The fourth-order valence-electron chi connectivity index (χ4n) is 3.21. The molecule has 3 aromatic rings. The number of amides is 1. The highest BCUT2D eigenvalue weighted by Gasteiger charge is 2.18. The first-order chi connectivity index (χ1) is 13.6. The van der Waals surface area contributed by atoms with Crippen LogP contribution < -0.4 is 20.7 Å². The smallest absolute Gasteiger partial charge is 0.329 e. The van der Waals surface area contributed by atoms with Gasteiger partial charge in [0, 0.05) is 13.1 Å². The second-order valence-electron chi connectivity index (χ2n) is 6.46. The predicted molar refractivity (Wildman–Crippen MR) is 102 cm³/mol. The van der Waals surface area contributed by atoms with Gasteiger partial charge in [0.2, 0.25) is 12.7 Å². The van der Waals surface area contributed by atoms with Crippen molar-refractivity contribution in [3.05, 3.63) is 68.9 Å². The lowest BCUT2D eigenvalue weighted by molar-refractivity contribution is -0.132. The van der Waals surface area contributed by atoms with Gasteiger partial charge < -0.3 is 19.4 Å². The summed E-state index contributed by atoms with van der Waals surface area (Å²) in [6, 6.07) is 12.2. The lowest BCUT2D eigenvalue weighted by Gasteiger charge is -2.21. The maximum absolute atomic E-state index is 12.8. The van der Waals surface area contributed by atoms with E-state index in [-0.39, 0.29) is 19.2 Å². The molecule has 0 radical (unpaired) electrons. The van der Waals surface area contributed by atoms with E-state index in [1.165, 1.54) is 0 Å². The van der Waals surface area contributed by atoms with Crippen LogP contribution in [0, 0.1) is 0 Å². The van der Waals surface area contributed by atoms with Gasteiger partial charge in [0.1, 0.15) is 6.54 Å². The number of ether oxygens (including phenoxy) is 2. The van der Waals surface area contributed by atoms with Crippen molar-refractivity contribution in [3.63, 3.8) is 0 Å². The van der Waals surface area contributed by atoms with Gasteiger partial charge in [-0.25, -0.2) is 4.79 Å². The Morgan fingerprint density at radius 3 is 2.75 bits per heavy atom. The van der Waals surface area contributed by atoms with Gasteiger partial charge in [0.25, 0.3) is 5.56 Å². The van der Waals surface area contributed by atoms with Crippen molar-refractivity contribution < 1.29 is 14.3 Å². The van der Waals surface area contributed by atoms with E-state index >= 15 is 0 Å². The van der Waals surface area contributed by atoms with Gasteiger partial charge in [-0.1, -0.05) is 18.2 Å². The van der Waals surface area contributed by atoms with Gasteiger partial charge in [-0.2, -0.15) is 0 Å². The SMILES string of the molecule is CCN(Cc1ccc2c(c1)OCO2)C(=O)Cn1c(=O)[nH]c2ccccc2c1=O. The zero-order valence-electron chi connectivity index (χ0n) is 15.3. The maximum atomic E-state index is 12.8. The summed E-state index contributed by atoms with van der Waals surface area (Å²) in [4.78, 5) is 41.9. The fraction of sp³-hybridized carbons (Fsp3) is 0.250. The van der Waals surface area contributed by atoms with Crippen LogP contribution in [0.3, 0.4) is 0 Å². The van der Waals surface area contributed by atoms with Crippen LogP contribution in [0.2, 0.25) is 0 Å². The second-order valence-corrected chi connectivity index (χ2v) is 6.46. The quantitative estimate of drug-likeness (QED) is 0.722. The molecule has 2 heterocycles. The zero-order valence-corrected chi connectivity index (χ0v) is 15.3. The molecule has 144 valence electrons. The van der Waals surface area contributed by atoms with E-state index in [1.54, 1.807) is 35.2 Å². The number of hydrogen-bond donors (Lipinski definition) is 1. The Labute approximate surface area is 159 Å². The molecule has 1 N–H and O–H groups in total. The van der Waals surface area contributed by atoms with E-state index in [4.69, 9.17) is 9.47 Å². The predicted octanol–water partition coefficient (Wildman–Crippen LogP) is 1.47. The molecule has 0 unspecified atom stereocenters. The van der Waals surface area contributed by atoms with E-state index in [0.717, 1.165) is 10.1 Å². The molecule has 0 atom stereocenters. The Morgan fingerprint density at radius 1 is 1.14 bits per heavy atom. The molecule has 2 aromatic carbocycles. The Kier molecular flexibility index (Phi) is 4.60. The molecule has 1 amide bonds. The molecule has 8 nitrogen and oxygen atoms in total. The third-order valence-electron chi connectivity index (χ3n) is 4.73. The number of aromatic nitrogens is 2. The summed E-state index contributed by atoms with van der Waals surface area (Å²) in [7, 11) is 0. The third-order valence-corrected chi connectivity index (χ3v) is 4.73. The van der Waals surface area contributed by atoms with Crippen molar-refractivity contribution in [2.75, 3.05) is 13.3 Å². The van der Waals surface area contributed by atoms with Crippen molar-refractivity contribution >= 4 is 16.8 Å². The van der Waals surface area contributed by atoms with Crippen molar-refractivity contribution in [1.82, 2.24) is 14.5 Å². The maximum Gasteiger partial charge on any atom is 0.329 e. The van der Waals surface area contributed by atoms with Gasteiger partial charge in [-0.3, -0.25) is 14.2 Å². The van der Waals surface area contributed by atoms with E-state index in [9.17, 15) is 14.4 Å². The standard InChI is InChI=1S/C20H19N3O5/c1-2-22(10-13-7-8-16-17(9-13)28-12-27-16)18(24)11-23-19(25)14-5-3-4-6-15(14)21-20(23)26/h3-9H,2,10-12H2,1H3,(H,21,26). The molecule has 8 heteroatoms. The third kappa shape index (κ3) is 3.24. The average molecular weight is 381 g/mol. The van der Waals surface area contributed by atoms with Crippen LogP contribution in [0.25, 0.3) is 10.9 Å². The molecule has 0 saturated heterocycles. The lowest BCUT2D eigenvalue weighted by atomic mass is 10.2. The molecule has 4 rings (SSSR count). The average Bonchev–Trinajstić information content (AvgIpc) is 3.17. The molecule has 1 aliphatic rings. The van der Waals surface area contributed by atoms with Crippen LogP contribution in [0.5, 0.6) is 11.5 Å². The number of likely N-dealkylation sites (N-methyl/N-ethyl adjacent to an activating group) is 1. The zero-order chi connectivity index (χ0) is 19.7. The summed E-state index contributed by atoms with van der Waals surface area (Å²) in [5.74, 6) is 0.999. The first-order valence-electron chi connectivity index (χ1n) is 8.95. The number of benzene rings is 2. The summed E-state index contributed by atoms with van der Waals surface area (Å²) < 4.78 is 11.6. The van der Waals surface area contributed by atoms with Gasteiger partial charge in [-0.05, 0) is 36.8 Å². The Hall–Kier alpha value is -3.55. The van der Waals surface area contributed by atoms with E-state index < -0.39 is 11.2 Å². The molecule has 0 aliphatic carbocycles. The number of carbonyl (C=O) groups excluding carboxylic acids is 1. The van der Waals surface area contributed by atoms with E-state index in [1.807, 2.05) is 19.1 Å². The number of aromatic amines is 1. The van der Waals surface area contributed by atoms with Crippen LogP contribution in [0.1, 0.15) is 12.5 Å². The summed E-state index contributed by atoms with van der Waals surface area (Å²) in [6.45, 7) is 2.48. The molecule has 1 aromatic heterocycles. The van der Waals surface area contributed by atoms with Crippen LogP contribution in [0.4, 0.5) is 0 Å². The molecule has 1 aliphatic heterocycles. The number of nitrogens with zero attached hydrogens (tertiary/aromatic N) is 2. The number of carbonyl (C=O) groups is 1. The van der Waals surface area contributed by atoms with Gasteiger partial charge in [0.05, 0.1) is 10.9 Å². The van der Waals surface area contributed by atoms with Gasteiger partial charge in [0.15, 0.2) is 11.5 Å². The van der Waals surface area contributed by atoms with Crippen molar-refractivity contribution in [3.8, 4) is 11.5 Å². The lowest BCUT2D eigenvalue weighted by Crippen LogP contribution is -2.42. The summed E-state index contributed by atoms with van der Waals surface area (Å²) in [6.07, 6.45) is 0. The number of H-pyrrole nitrogens is 1. The molecular weight excluding hydrogens is 362 g/mol. The van der Waals surface area contributed by atoms with E-state index in [2.05, 4.69) is 4.98 Å². The number of rotatable bonds is 5. The summed E-state index contributed by atoms with van der Waals surface area (Å²) >= 11 is 0. The highest BCUT2D eigenvalue weighted by atomic mass is 16.7. The molecule has 0 fully saturated rings. The van der Waals surface area contributed by atoms with Crippen molar-refractivity contribution in [2.45, 2.75) is 20.0 Å². The minimum absolute atomic E-state index is 0.183. The first kappa shape index (κ1) is 17.8. The number of nitrogens with one attached hydrogen (secondary N) is 1. The van der Waals surface area contributed by atoms with Crippen LogP contribution >= 0.6 is 0 Å². The van der Waals surface area contributed by atoms with Gasteiger partial charge >= 0.3 is 5.69 Å². The Balaban J connectivity index is 1.57. The van der Waals surface area contributed by atoms with E-state index in [0.29, 0.717) is 35.5 Å². The molecule has 28 heavy (non-hydrogen) atoms. The van der Waals surface area contributed by atoms with Crippen LogP contribution in [-0.2, 0) is 17.9 Å². The Bertz CT molecular complexity index is 1160. The topological polar surface area (TPSA) is 93.6 Å². The largest absolute Gasteiger partial charge is 0.454 e. The minimum Gasteiger partial charge on any atom is -0.454 e. The number of hydrogen-bond acceptors (Lipinski definition) is 5. The number of para-hydroxylation sites is 1. The fourth-order valence-corrected chi connectivity index (χ4v) is 3.21. The second kappa shape index (κ2) is 7.22. The highest BCUT2D eigenvalue weighted by molar-refractivity contribution is 5.79. The highest BCUT2D eigenvalue weighted by Crippen LogP contribution is 2.32. The van der Waals surface area contributed by atoms with Gasteiger partial charge in [-0.15, -0.1) is 0 Å². The van der Waals surface area contributed by atoms with Crippen LogP contribution in [0.15, 0.2) is 52.1 Å². The normalized spacial score (nSPS) is 12.3. The molecule has 0 bridgehead atoms. The molecule has 0 spiro atoms.